The van der Waals surface area contributed by atoms with Crippen molar-refractivity contribution >= 4 is 11.6 Å². The van der Waals surface area contributed by atoms with Crippen LogP contribution < -0.4 is 4.74 Å². The molecule has 1 nitrogen and oxygen atoms in total. The zero-order valence-corrected chi connectivity index (χ0v) is 12.5. The first-order chi connectivity index (χ1) is 9.67. The van der Waals surface area contributed by atoms with Gasteiger partial charge < -0.3 is 4.74 Å². The lowest BCUT2D eigenvalue weighted by Crippen LogP contribution is -2.24. The van der Waals surface area contributed by atoms with Crippen LogP contribution in [-0.4, -0.2) is 12.0 Å². The summed E-state index contributed by atoms with van der Waals surface area (Å²) in [6.45, 7) is 2.24. The summed E-state index contributed by atoms with van der Waals surface area (Å²) in [5.41, 5.74) is 0.647. The van der Waals surface area contributed by atoms with E-state index in [2.05, 4.69) is 18.8 Å². The highest BCUT2D eigenvalue weighted by Gasteiger charge is 2.20. The molecule has 1 saturated carbocycles. The molecule has 1 fully saturated rings. The minimum absolute atomic E-state index is 0.198. The van der Waals surface area contributed by atoms with Crippen molar-refractivity contribution in [3.63, 3.8) is 0 Å². The minimum Gasteiger partial charge on any atom is -0.490 e. The molecule has 2 rings (SSSR count). The third-order valence-electron chi connectivity index (χ3n) is 3.51. The molecule has 0 heterocycles. The number of rotatable bonds is 3. The van der Waals surface area contributed by atoms with Gasteiger partial charge in [-0.05, 0) is 37.3 Å². The maximum absolute atomic E-state index is 13.6. The first kappa shape index (κ1) is 15.2. The molecular weight excluding hydrogens is 275 g/mol. The molecule has 0 saturated heterocycles. The maximum atomic E-state index is 13.6. The maximum Gasteiger partial charge on any atom is 0.128 e. The molecule has 0 bridgehead atoms. The molecule has 0 spiro atoms. The Morgan fingerprint density at radius 3 is 2.95 bits per heavy atom. The molecule has 1 aromatic carbocycles. The monoisotopic (exact) mass is 294 g/mol. The predicted molar refractivity (Wildman–Crippen MR) is 80.7 cm³/mol. The zero-order chi connectivity index (χ0) is 14.4. The lowest BCUT2D eigenvalue weighted by atomic mass is 9.89. The van der Waals surface area contributed by atoms with E-state index in [0.29, 0.717) is 29.5 Å². The second kappa shape index (κ2) is 7.55. The molecule has 3 heteroatoms. The Bertz CT molecular complexity index is 503. The van der Waals surface area contributed by atoms with Gasteiger partial charge in [-0.2, -0.15) is 0 Å². The van der Waals surface area contributed by atoms with Gasteiger partial charge in [0, 0.05) is 23.9 Å². The quantitative estimate of drug-likeness (QED) is 0.577. The number of halogens is 2. The van der Waals surface area contributed by atoms with Gasteiger partial charge in [-0.25, -0.2) is 4.39 Å². The van der Waals surface area contributed by atoms with Crippen LogP contribution in [0.5, 0.6) is 5.75 Å². The molecule has 0 aliphatic heterocycles. The third-order valence-corrected chi connectivity index (χ3v) is 3.70. The smallest absolute Gasteiger partial charge is 0.128 e. The predicted octanol–water partition coefficient (Wildman–Crippen LogP) is 4.76. The van der Waals surface area contributed by atoms with Crippen molar-refractivity contribution < 1.29 is 9.13 Å². The SMILES string of the molecule is CC1CCCC(Oc2cc(F)cc(C#CCCCl)c2)C1. The fourth-order valence-corrected chi connectivity index (χ4v) is 2.69. The summed E-state index contributed by atoms with van der Waals surface area (Å²) in [6.07, 6.45) is 5.35. The first-order valence-corrected chi connectivity index (χ1v) is 7.73. The van der Waals surface area contributed by atoms with Crippen LogP contribution in [0.1, 0.15) is 44.6 Å². The molecule has 1 aliphatic carbocycles. The summed E-state index contributed by atoms with van der Waals surface area (Å²) in [5, 5.41) is 0. The second-order valence-corrected chi connectivity index (χ2v) is 5.81. The van der Waals surface area contributed by atoms with Gasteiger partial charge in [0.2, 0.25) is 0 Å². The van der Waals surface area contributed by atoms with Crippen molar-refractivity contribution in [3.05, 3.63) is 29.6 Å². The van der Waals surface area contributed by atoms with Crippen molar-refractivity contribution in [2.45, 2.75) is 45.1 Å². The Morgan fingerprint density at radius 2 is 2.20 bits per heavy atom. The van der Waals surface area contributed by atoms with Crippen molar-refractivity contribution in [3.8, 4) is 17.6 Å². The van der Waals surface area contributed by atoms with Crippen molar-refractivity contribution in [2.75, 3.05) is 5.88 Å². The van der Waals surface area contributed by atoms with E-state index in [9.17, 15) is 4.39 Å². The molecule has 20 heavy (non-hydrogen) atoms. The Morgan fingerprint density at radius 1 is 1.35 bits per heavy atom. The molecule has 108 valence electrons. The highest BCUT2D eigenvalue weighted by atomic mass is 35.5. The van der Waals surface area contributed by atoms with E-state index >= 15 is 0 Å². The molecule has 0 aromatic heterocycles. The number of hydrogen-bond donors (Lipinski definition) is 0. The van der Waals surface area contributed by atoms with Crippen LogP contribution >= 0.6 is 11.6 Å². The summed E-state index contributed by atoms with van der Waals surface area (Å²) >= 11 is 5.57. The van der Waals surface area contributed by atoms with E-state index in [0.717, 1.165) is 12.8 Å². The fourth-order valence-electron chi connectivity index (χ4n) is 2.59. The number of benzene rings is 1. The Balaban J connectivity index is 2.06. The number of alkyl halides is 1. The summed E-state index contributed by atoms with van der Waals surface area (Å²) in [5.74, 6) is 7.29. The Kier molecular flexibility index (Phi) is 5.73. The molecule has 2 unspecified atom stereocenters. The molecule has 0 amide bonds. The van der Waals surface area contributed by atoms with Gasteiger partial charge in [0.25, 0.3) is 0 Å². The van der Waals surface area contributed by atoms with Gasteiger partial charge in [0.05, 0.1) is 6.10 Å². The van der Waals surface area contributed by atoms with E-state index in [1.54, 1.807) is 0 Å². The van der Waals surface area contributed by atoms with Gasteiger partial charge in [-0.3, -0.25) is 0 Å². The molecule has 0 radical (unpaired) electrons. The Hall–Kier alpha value is -1.20. The van der Waals surface area contributed by atoms with Gasteiger partial charge in [0.1, 0.15) is 11.6 Å². The fraction of sp³-hybridized carbons (Fsp3) is 0.529. The van der Waals surface area contributed by atoms with E-state index in [4.69, 9.17) is 16.3 Å². The highest BCUT2D eigenvalue weighted by Crippen LogP contribution is 2.28. The van der Waals surface area contributed by atoms with Gasteiger partial charge >= 0.3 is 0 Å². The van der Waals surface area contributed by atoms with Crippen LogP contribution in [-0.2, 0) is 0 Å². The van der Waals surface area contributed by atoms with Gasteiger partial charge in [0.15, 0.2) is 0 Å². The second-order valence-electron chi connectivity index (χ2n) is 5.43. The molecular formula is C17H20ClFO. The first-order valence-electron chi connectivity index (χ1n) is 7.19. The van der Waals surface area contributed by atoms with Crippen LogP contribution in [0.2, 0.25) is 0 Å². The largest absolute Gasteiger partial charge is 0.490 e. The summed E-state index contributed by atoms with van der Waals surface area (Å²) in [4.78, 5) is 0. The minimum atomic E-state index is -0.304. The van der Waals surface area contributed by atoms with Crippen LogP contribution in [0.4, 0.5) is 4.39 Å². The molecule has 2 atom stereocenters. The van der Waals surface area contributed by atoms with Crippen LogP contribution in [0, 0.1) is 23.6 Å². The third kappa shape index (κ3) is 4.72. The van der Waals surface area contributed by atoms with E-state index < -0.39 is 0 Å². The average molecular weight is 295 g/mol. The van der Waals surface area contributed by atoms with Crippen molar-refractivity contribution in [2.24, 2.45) is 5.92 Å². The normalized spacial score (nSPS) is 21.9. The van der Waals surface area contributed by atoms with Crippen LogP contribution in [0.15, 0.2) is 18.2 Å². The van der Waals surface area contributed by atoms with E-state index in [1.165, 1.54) is 25.0 Å². The van der Waals surface area contributed by atoms with E-state index in [1.807, 2.05) is 6.07 Å². The highest BCUT2D eigenvalue weighted by molar-refractivity contribution is 6.18. The zero-order valence-electron chi connectivity index (χ0n) is 11.8. The van der Waals surface area contributed by atoms with Crippen LogP contribution in [0.3, 0.4) is 0 Å². The number of hydrogen-bond acceptors (Lipinski definition) is 1. The summed E-state index contributed by atoms with van der Waals surface area (Å²) < 4.78 is 19.5. The number of ether oxygens (including phenoxy) is 1. The standard InChI is InChI=1S/C17H20ClFO/c1-13-5-4-7-16(9-13)20-17-11-14(6-2-3-8-18)10-15(19)12-17/h10-13,16H,3-5,7-9H2,1H3. The molecule has 0 N–H and O–H groups in total. The lowest BCUT2D eigenvalue weighted by Gasteiger charge is -2.27. The van der Waals surface area contributed by atoms with E-state index in [-0.39, 0.29) is 11.9 Å². The molecule has 1 aromatic rings. The average Bonchev–Trinajstić information content (AvgIpc) is 2.38. The topological polar surface area (TPSA) is 9.23 Å². The summed E-state index contributed by atoms with van der Waals surface area (Å²) in [7, 11) is 0. The van der Waals surface area contributed by atoms with Crippen LogP contribution in [0.25, 0.3) is 0 Å². The van der Waals surface area contributed by atoms with Gasteiger partial charge in [-0.1, -0.05) is 25.2 Å². The van der Waals surface area contributed by atoms with Gasteiger partial charge in [-0.15, -0.1) is 11.6 Å². The lowest BCUT2D eigenvalue weighted by molar-refractivity contribution is 0.129. The Labute approximate surface area is 125 Å². The van der Waals surface area contributed by atoms with Crippen molar-refractivity contribution in [1.82, 2.24) is 0 Å². The molecule has 1 aliphatic rings. The summed E-state index contributed by atoms with van der Waals surface area (Å²) in [6, 6.07) is 4.67. The van der Waals surface area contributed by atoms with Crippen molar-refractivity contribution in [1.29, 1.82) is 0 Å².